The molecule has 0 bridgehead atoms. The van der Waals surface area contributed by atoms with E-state index in [9.17, 15) is 57.2 Å². The van der Waals surface area contributed by atoms with E-state index in [0.29, 0.717) is 35.9 Å². The quantitative estimate of drug-likeness (QED) is 0.0496. The van der Waals surface area contributed by atoms with E-state index in [0.717, 1.165) is 30.3 Å². The summed E-state index contributed by atoms with van der Waals surface area (Å²) >= 11 is 3.11. The lowest BCUT2D eigenvalue weighted by Gasteiger charge is -2.30. The Morgan fingerprint density at radius 1 is 0.578 bits per heavy atom. The summed E-state index contributed by atoms with van der Waals surface area (Å²) in [5, 5.41) is 23.1. The molecule has 0 saturated heterocycles. The average molecular weight is 1400 g/mol. The minimum absolute atomic E-state index is 0. The molecule has 2 atom stereocenters. The number of rotatable bonds is 15. The molecule has 2 aliphatic heterocycles. The molecule has 6 heterocycles. The van der Waals surface area contributed by atoms with Crippen LogP contribution in [0.5, 0.6) is 28.7 Å². The van der Waals surface area contributed by atoms with Gasteiger partial charge in [0.1, 0.15) is 40.4 Å². The summed E-state index contributed by atoms with van der Waals surface area (Å²) in [4.78, 5) is 25.8. The molecular weight excluding hydrogens is 1350 g/mol. The van der Waals surface area contributed by atoms with Gasteiger partial charge in [0.15, 0.2) is 11.6 Å². The second kappa shape index (κ2) is 29.9. The van der Waals surface area contributed by atoms with E-state index < -0.39 is 61.1 Å². The smallest absolute Gasteiger partial charge is 0.537 e. The minimum atomic E-state index is -4.70. The van der Waals surface area contributed by atoms with Crippen LogP contribution in [0.2, 0.25) is 0 Å². The first-order valence-corrected chi connectivity index (χ1v) is 29.0. The highest BCUT2D eigenvalue weighted by molar-refractivity contribution is 9.10. The van der Waals surface area contributed by atoms with E-state index in [2.05, 4.69) is 55.2 Å². The molecule has 90 heavy (non-hydrogen) atoms. The van der Waals surface area contributed by atoms with Crippen LogP contribution in [-0.2, 0) is 58.7 Å². The summed E-state index contributed by atoms with van der Waals surface area (Å²) in [6.45, 7) is 0.0387. The highest BCUT2D eigenvalue weighted by Gasteiger charge is 2.35. The molecule has 1 radical (unpaired) electrons. The molecular formula is C54H53BBrF8N10O12P2S2. The van der Waals surface area contributed by atoms with Crippen LogP contribution in [0.1, 0.15) is 33.6 Å². The van der Waals surface area contributed by atoms with Gasteiger partial charge < -0.3 is 28.6 Å². The molecule has 0 fully saturated rings. The van der Waals surface area contributed by atoms with Gasteiger partial charge in [-0.2, -0.15) is 81.8 Å². The first kappa shape index (κ1) is 71.2. The van der Waals surface area contributed by atoms with Crippen molar-refractivity contribution in [1.29, 1.82) is 0 Å². The largest absolute Gasteiger partial charge is 0.569 e. The molecule has 3 N–H and O–H groups in total. The number of hydrogen-bond acceptors (Lipinski definition) is 16. The lowest BCUT2D eigenvalue weighted by Crippen LogP contribution is -2.41. The lowest BCUT2D eigenvalue weighted by atomic mass is 10.00. The highest BCUT2D eigenvalue weighted by Crippen LogP contribution is 2.40. The van der Waals surface area contributed by atoms with Gasteiger partial charge in [0.25, 0.3) is 11.1 Å². The Morgan fingerprint density at radius 3 is 1.46 bits per heavy atom. The maximum absolute atomic E-state index is 15.6. The molecule has 479 valence electrons. The van der Waals surface area contributed by atoms with Crippen LogP contribution in [0.4, 0.5) is 46.8 Å². The number of nitrogens with zero attached hydrogens (tertiary/aromatic N) is 8. The van der Waals surface area contributed by atoms with E-state index in [1.165, 1.54) is 125 Å². The monoisotopic (exact) mass is 1400 g/mol. The minimum Gasteiger partial charge on any atom is -0.537 e. The van der Waals surface area contributed by atoms with Crippen molar-refractivity contribution in [2.45, 2.75) is 38.3 Å². The fraction of sp³-hybridized carbons (Fsp3) is 0.222. The molecule has 22 nitrogen and oxygen atoms in total. The van der Waals surface area contributed by atoms with Gasteiger partial charge >= 0.3 is 40.5 Å². The van der Waals surface area contributed by atoms with Crippen LogP contribution in [-0.4, -0.2) is 109 Å². The average Bonchev–Trinajstić information content (AvgIpc) is 1.16. The number of anilines is 2. The standard InChI is InChI=1S/C27H23F4N5O5S.C19H17BrFN5O4S.C8H7BF3O3.2H3P/c1-40-19-11-17(10-18(12-19)27(29,30)31)20-13-24(41-2)23(14-21(20)28)36-22-7-9-35(15-16(22)5-6-26(36)37)42(38,39)34-25-4-3-8-32-33-25;1-30-17-9-13(20)14(21)10-16(17)26-15-6-8-25(11-12(15)4-5-19(26)27)31(28,29)24-18-3-2-7-22-23-18;1-14-6-2-5(8(10,11)12)3-7(4-6)15-9-13;;/h3-6,8,10-14H,7,9,15H2,1-2H3,(H,33,34);2-5,7,9-10H,6,8,11H2,1H3,(H,23,24);2-4,13H,1H3;2*1H3. The van der Waals surface area contributed by atoms with Crippen molar-refractivity contribution in [3.05, 3.63) is 192 Å². The summed E-state index contributed by atoms with van der Waals surface area (Å²) in [7, 11) is -2.47. The topological polar surface area (TPSA) is 261 Å². The summed E-state index contributed by atoms with van der Waals surface area (Å²) in [5.74, 6) is -1.27. The maximum Gasteiger partial charge on any atom is 0.569 e. The fourth-order valence-electron chi connectivity index (χ4n) is 9.09. The molecule has 0 saturated carbocycles. The van der Waals surface area contributed by atoms with E-state index >= 15 is 4.39 Å². The number of methoxy groups -OCH3 is 4. The molecule has 2 unspecified atom stereocenters. The summed E-state index contributed by atoms with van der Waals surface area (Å²) in [6, 6.07) is 22.2. The second-order valence-electron chi connectivity index (χ2n) is 18.6. The second-order valence-corrected chi connectivity index (χ2v) is 22.8. The number of nitrogens with one attached hydrogen (secondary N) is 2. The van der Waals surface area contributed by atoms with Crippen molar-refractivity contribution in [3.63, 3.8) is 0 Å². The lowest BCUT2D eigenvalue weighted by molar-refractivity contribution is -0.138. The molecule has 8 aromatic rings. The summed E-state index contributed by atoms with van der Waals surface area (Å²) in [5.41, 5.74) is -0.750. The van der Waals surface area contributed by atoms with Crippen molar-refractivity contribution >= 4 is 75.5 Å². The van der Waals surface area contributed by atoms with Crippen LogP contribution in [0, 0.1) is 11.6 Å². The van der Waals surface area contributed by atoms with E-state index in [4.69, 9.17) is 19.2 Å². The zero-order chi connectivity index (χ0) is 63.9. The summed E-state index contributed by atoms with van der Waals surface area (Å²) in [6.07, 6.45) is -6.02. The number of halogens is 9. The van der Waals surface area contributed by atoms with Crippen LogP contribution in [0.15, 0.2) is 136 Å². The van der Waals surface area contributed by atoms with Gasteiger partial charge in [0, 0.05) is 98.7 Å². The van der Waals surface area contributed by atoms with E-state index in [1.54, 1.807) is 12.1 Å². The van der Waals surface area contributed by atoms with Crippen molar-refractivity contribution in [2.24, 2.45) is 0 Å². The Balaban J connectivity index is 0.000000235. The molecule has 2 aliphatic rings. The molecule has 4 aromatic heterocycles. The number of ether oxygens (including phenoxy) is 4. The predicted octanol–water partition coefficient (Wildman–Crippen LogP) is 8.17. The van der Waals surface area contributed by atoms with Crippen LogP contribution < -0.4 is 44.2 Å². The normalized spacial score (nSPS) is 13.2. The number of hydrogen-bond donors (Lipinski definition) is 3. The van der Waals surface area contributed by atoms with Gasteiger partial charge in [0.05, 0.1) is 55.4 Å². The number of benzene rings is 4. The van der Waals surface area contributed by atoms with Gasteiger partial charge in [-0.25, -0.2) is 8.78 Å². The van der Waals surface area contributed by atoms with E-state index in [-0.39, 0.29) is 126 Å². The zero-order valence-electron chi connectivity index (χ0n) is 47.5. The Bertz CT molecular complexity index is 4230. The molecule has 10 rings (SSSR count). The van der Waals surface area contributed by atoms with Crippen LogP contribution in [0.25, 0.3) is 22.5 Å². The van der Waals surface area contributed by atoms with Gasteiger partial charge in [-0.3, -0.25) is 28.2 Å². The number of aromatic nitrogens is 6. The third kappa shape index (κ3) is 16.8. The van der Waals surface area contributed by atoms with Crippen molar-refractivity contribution in [3.8, 4) is 51.2 Å². The first-order chi connectivity index (χ1) is 41.7. The third-order valence-electron chi connectivity index (χ3n) is 13.1. The number of alkyl halides is 6. The molecule has 0 amide bonds. The fourth-order valence-corrected chi connectivity index (χ4v) is 11.7. The van der Waals surface area contributed by atoms with Crippen molar-refractivity contribution in [2.75, 3.05) is 51.0 Å². The van der Waals surface area contributed by atoms with Gasteiger partial charge in [-0.1, -0.05) is 12.1 Å². The highest BCUT2D eigenvalue weighted by atomic mass is 79.9. The van der Waals surface area contributed by atoms with E-state index in [1.807, 2.05) is 0 Å². The Morgan fingerprint density at radius 2 is 1.02 bits per heavy atom. The van der Waals surface area contributed by atoms with Crippen molar-refractivity contribution in [1.82, 2.24) is 38.1 Å². The first-order valence-electron chi connectivity index (χ1n) is 25.3. The predicted molar refractivity (Wildman–Crippen MR) is 328 cm³/mol. The zero-order valence-corrected chi connectivity index (χ0v) is 53.6. The number of pyridine rings is 2. The maximum atomic E-state index is 15.6. The van der Waals surface area contributed by atoms with Gasteiger partial charge in [0.2, 0.25) is 0 Å². The van der Waals surface area contributed by atoms with Crippen LogP contribution in [0.3, 0.4) is 0 Å². The number of fused-ring (bicyclic) bond motifs is 2. The molecule has 4 aromatic carbocycles. The molecule has 36 heteroatoms. The van der Waals surface area contributed by atoms with Crippen LogP contribution >= 0.6 is 35.7 Å². The summed E-state index contributed by atoms with van der Waals surface area (Å²) < 4.78 is 194. The SMILES string of the molecule is COc1cc(-c2cc(OC)c(-n3c4c(ccc3=O)CN(S(=O)(=O)Nc3cccnn3)CC4)cc2F)cc(C(F)(F)F)c1.COc1cc(Br)c(F)cc1-n1c2c(ccc1=O)CN(S(=O)(=O)Nc1cccnn1)CC2.COc1cc(O[B]O)cc(C(F)(F)F)c1.P.P. The van der Waals surface area contributed by atoms with Gasteiger partial charge in [-0.15, -0.1) is 10.2 Å². The Labute approximate surface area is 524 Å². The Kier molecular flexibility index (Phi) is 23.6. The Hall–Kier alpha value is -7.84. The molecule has 0 spiro atoms. The third-order valence-corrected chi connectivity index (χ3v) is 16.7. The molecule has 0 aliphatic carbocycles. The van der Waals surface area contributed by atoms with Gasteiger partial charge in [-0.05, 0) is 99.4 Å². The van der Waals surface area contributed by atoms with Crippen molar-refractivity contribution < 1.29 is 80.6 Å².